The lowest BCUT2D eigenvalue weighted by atomic mass is 10.0. The molecule has 0 saturated carbocycles. The first-order chi connectivity index (χ1) is 9.25. The van der Waals surface area contributed by atoms with Gasteiger partial charge in [-0.3, -0.25) is 4.68 Å². The Bertz CT molecular complexity index is 647. The minimum atomic E-state index is -4.58. The zero-order valence-corrected chi connectivity index (χ0v) is 11.2. The number of ether oxygens (including phenoxy) is 1. The molecule has 0 amide bonds. The van der Waals surface area contributed by atoms with Gasteiger partial charge in [0.25, 0.3) is 0 Å². The predicted molar refractivity (Wildman–Crippen MR) is 69.3 cm³/mol. The zero-order valence-electron chi connectivity index (χ0n) is 11.2. The third-order valence-corrected chi connectivity index (χ3v) is 2.98. The van der Waals surface area contributed by atoms with Crippen LogP contribution in [0.2, 0.25) is 0 Å². The molecule has 108 valence electrons. The van der Waals surface area contributed by atoms with E-state index in [0.717, 1.165) is 10.2 Å². The van der Waals surface area contributed by atoms with Crippen LogP contribution >= 0.6 is 0 Å². The number of aromatic nitrogens is 2. The van der Waals surface area contributed by atoms with Crippen LogP contribution in [-0.2, 0) is 13.2 Å². The lowest BCUT2D eigenvalue weighted by molar-refractivity contribution is -0.140. The summed E-state index contributed by atoms with van der Waals surface area (Å²) in [6.45, 7) is 1.78. The first-order valence-corrected chi connectivity index (χ1v) is 5.80. The van der Waals surface area contributed by atoms with E-state index in [1.54, 1.807) is 25.1 Å². The Morgan fingerprint density at radius 1 is 1.30 bits per heavy atom. The van der Waals surface area contributed by atoms with Crippen LogP contribution in [0.5, 0.6) is 5.75 Å². The van der Waals surface area contributed by atoms with E-state index in [0.29, 0.717) is 5.75 Å². The molecule has 0 saturated heterocycles. The van der Waals surface area contributed by atoms with Gasteiger partial charge in [0.2, 0.25) is 0 Å². The maximum absolute atomic E-state index is 13.1. The van der Waals surface area contributed by atoms with E-state index in [1.165, 1.54) is 14.2 Å². The molecule has 0 radical (unpaired) electrons. The quantitative estimate of drug-likeness (QED) is 0.922. The van der Waals surface area contributed by atoms with Crippen LogP contribution in [-0.4, -0.2) is 16.9 Å². The van der Waals surface area contributed by atoms with Crippen molar-refractivity contribution in [3.8, 4) is 16.9 Å². The van der Waals surface area contributed by atoms with E-state index in [-0.39, 0.29) is 16.9 Å². The van der Waals surface area contributed by atoms with Gasteiger partial charge in [-0.1, -0.05) is 11.6 Å². The predicted octanol–water partition coefficient (Wildman–Crippen LogP) is 3.01. The average Bonchev–Trinajstić information content (AvgIpc) is 2.66. The molecule has 20 heavy (non-hydrogen) atoms. The Labute approximate surface area is 114 Å². The van der Waals surface area contributed by atoms with E-state index in [9.17, 15) is 13.2 Å². The lowest BCUT2D eigenvalue weighted by Gasteiger charge is -2.12. The summed E-state index contributed by atoms with van der Waals surface area (Å²) in [7, 11) is 2.77. The number of aryl methyl sites for hydroxylation is 2. The Morgan fingerprint density at radius 3 is 2.50 bits per heavy atom. The highest BCUT2D eigenvalue weighted by Crippen LogP contribution is 2.42. The van der Waals surface area contributed by atoms with Gasteiger partial charge in [0.05, 0.1) is 12.7 Å². The average molecular weight is 285 g/mol. The monoisotopic (exact) mass is 285 g/mol. The fourth-order valence-corrected chi connectivity index (χ4v) is 2.02. The van der Waals surface area contributed by atoms with Crippen molar-refractivity contribution in [2.24, 2.45) is 7.05 Å². The molecule has 1 aromatic carbocycles. The van der Waals surface area contributed by atoms with Crippen molar-refractivity contribution in [2.75, 3.05) is 12.8 Å². The summed E-state index contributed by atoms with van der Waals surface area (Å²) in [5, 5.41) is 3.47. The standard InChI is InChI=1S/C13H14F3N3O/c1-7-4-5-9(20-3)8(6-7)10-11(13(14,15)16)18-19(2)12(10)17/h4-6H,17H2,1-3H3. The fourth-order valence-electron chi connectivity index (χ4n) is 2.02. The molecule has 2 rings (SSSR count). The summed E-state index contributed by atoms with van der Waals surface area (Å²) in [5.74, 6) is 0.266. The number of hydrogen-bond donors (Lipinski definition) is 1. The van der Waals surface area contributed by atoms with Gasteiger partial charge in [0.1, 0.15) is 11.6 Å². The summed E-state index contributed by atoms with van der Waals surface area (Å²) in [6.07, 6.45) is -4.58. The second kappa shape index (κ2) is 4.73. The first kappa shape index (κ1) is 14.2. The van der Waals surface area contributed by atoms with E-state index < -0.39 is 11.9 Å². The van der Waals surface area contributed by atoms with Crippen LogP contribution in [0.4, 0.5) is 19.0 Å². The maximum Gasteiger partial charge on any atom is 0.435 e. The number of nitrogens with two attached hydrogens (primary N) is 1. The highest BCUT2D eigenvalue weighted by Gasteiger charge is 2.39. The number of methoxy groups -OCH3 is 1. The topological polar surface area (TPSA) is 53.1 Å². The fraction of sp³-hybridized carbons (Fsp3) is 0.308. The summed E-state index contributed by atoms with van der Waals surface area (Å²) in [4.78, 5) is 0. The zero-order chi connectivity index (χ0) is 15.1. The normalized spacial score (nSPS) is 11.7. The number of alkyl halides is 3. The Morgan fingerprint density at radius 2 is 1.95 bits per heavy atom. The van der Waals surface area contributed by atoms with Crippen LogP contribution in [0.25, 0.3) is 11.1 Å². The molecular formula is C13H14F3N3O. The molecule has 4 nitrogen and oxygen atoms in total. The number of benzene rings is 1. The largest absolute Gasteiger partial charge is 0.496 e. The molecule has 0 bridgehead atoms. The highest BCUT2D eigenvalue weighted by molar-refractivity contribution is 5.81. The van der Waals surface area contributed by atoms with Crippen molar-refractivity contribution >= 4 is 5.82 Å². The van der Waals surface area contributed by atoms with Gasteiger partial charge in [0.15, 0.2) is 5.69 Å². The maximum atomic E-state index is 13.1. The van der Waals surface area contributed by atoms with Gasteiger partial charge in [0, 0.05) is 12.6 Å². The summed E-state index contributed by atoms with van der Waals surface area (Å²) >= 11 is 0. The minimum absolute atomic E-state index is 0.0544. The van der Waals surface area contributed by atoms with Crippen molar-refractivity contribution in [3.05, 3.63) is 29.5 Å². The van der Waals surface area contributed by atoms with Crippen molar-refractivity contribution in [3.63, 3.8) is 0 Å². The number of rotatable bonds is 2. The second-order valence-corrected chi connectivity index (χ2v) is 4.43. The number of anilines is 1. The van der Waals surface area contributed by atoms with Crippen molar-refractivity contribution in [1.29, 1.82) is 0 Å². The van der Waals surface area contributed by atoms with Gasteiger partial charge >= 0.3 is 6.18 Å². The molecule has 0 aliphatic carbocycles. The number of hydrogen-bond acceptors (Lipinski definition) is 3. The van der Waals surface area contributed by atoms with E-state index in [4.69, 9.17) is 10.5 Å². The van der Waals surface area contributed by atoms with E-state index in [2.05, 4.69) is 5.10 Å². The summed E-state index contributed by atoms with van der Waals surface area (Å²) in [6, 6.07) is 4.96. The molecule has 0 aliphatic rings. The van der Waals surface area contributed by atoms with Crippen molar-refractivity contribution in [1.82, 2.24) is 9.78 Å². The number of halogens is 3. The molecule has 0 aliphatic heterocycles. The SMILES string of the molecule is COc1ccc(C)cc1-c1c(C(F)(F)F)nn(C)c1N. The van der Waals surface area contributed by atoms with E-state index in [1.807, 2.05) is 0 Å². The molecule has 0 atom stereocenters. The lowest BCUT2D eigenvalue weighted by Crippen LogP contribution is -2.08. The molecular weight excluding hydrogens is 271 g/mol. The minimum Gasteiger partial charge on any atom is -0.496 e. The van der Waals surface area contributed by atoms with Crippen LogP contribution in [0.1, 0.15) is 11.3 Å². The van der Waals surface area contributed by atoms with E-state index >= 15 is 0 Å². The van der Waals surface area contributed by atoms with Crippen LogP contribution in [0.15, 0.2) is 18.2 Å². The highest BCUT2D eigenvalue weighted by atomic mass is 19.4. The smallest absolute Gasteiger partial charge is 0.435 e. The van der Waals surface area contributed by atoms with Gasteiger partial charge in [-0.05, 0) is 19.1 Å². The van der Waals surface area contributed by atoms with Crippen LogP contribution < -0.4 is 10.5 Å². The molecule has 0 fully saturated rings. The van der Waals surface area contributed by atoms with Gasteiger partial charge in [-0.15, -0.1) is 0 Å². The number of nitrogen functional groups attached to an aromatic ring is 1. The van der Waals surface area contributed by atoms with Crippen molar-refractivity contribution in [2.45, 2.75) is 13.1 Å². The molecule has 1 aromatic heterocycles. The third-order valence-electron chi connectivity index (χ3n) is 2.98. The summed E-state index contributed by atoms with van der Waals surface area (Å²) < 4.78 is 45.4. The van der Waals surface area contributed by atoms with Gasteiger partial charge in [-0.25, -0.2) is 0 Å². The third kappa shape index (κ3) is 2.31. The molecule has 7 heteroatoms. The van der Waals surface area contributed by atoms with Crippen LogP contribution in [0, 0.1) is 6.92 Å². The molecule has 1 heterocycles. The Hall–Kier alpha value is -2.18. The van der Waals surface area contributed by atoms with Gasteiger partial charge in [-0.2, -0.15) is 18.3 Å². The molecule has 2 aromatic rings. The second-order valence-electron chi connectivity index (χ2n) is 4.43. The molecule has 0 unspecified atom stereocenters. The van der Waals surface area contributed by atoms with Crippen molar-refractivity contribution < 1.29 is 17.9 Å². The first-order valence-electron chi connectivity index (χ1n) is 5.80. The van der Waals surface area contributed by atoms with Gasteiger partial charge < -0.3 is 10.5 Å². The molecule has 0 spiro atoms. The number of nitrogens with zero attached hydrogens (tertiary/aromatic N) is 2. The Balaban J connectivity index is 2.79. The summed E-state index contributed by atoms with van der Waals surface area (Å²) in [5.41, 5.74) is 5.67. The van der Waals surface area contributed by atoms with Crippen LogP contribution in [0.3, 0.4) is 0 Å². The Kier molecular flexibility index (Phi) is 3.37. The molecule has 2 N–H and O–H groups in total.